The number of aromatic hydroxyl groups is 1. The number of phenols is 1. The molecular weight excluding hydrogens is 376 g/mol. The average Bonchev–Trinajstić information content (AvgIpc) is 2.70. The Morgan fingerprint density at radius 1 is 1.03 bits per heavy atom. The minimum atomic E-state index is -0.136. The second-order valence-electron chi connectivity index (χ2n) is 9.60. The van der Waals surface area contributed by atoms with Crippen molar-refractivity contribution in [1.82, 2.24) is 9.80 Å². The van der Waals surface area contributed by atoms with E-state index in [9.17, 15) is 14.7 Å². The number of phenolic OH excluding ortho intramolecular Hbond substituents is 1. The van der Waals surface area contributed by atoms with Gasteiger partial charge in [-0.3, -0.25) is 9.59 Å². The van der Waals surface area contributed by atoms with Gasteiger partial charge >= 0.3 is 0 Å². The summed E-state index contributed by atoms with van der Waals surface area (Å²) in [5, 5.41) is 10.5. The number of hydrogen-bond donors (Lipinski definition) is 1. The van der Waals surface area contributed by atoms with E-state index in [4.69, 9.17) is 0 Å². The van der Waals surface area contributed by atoms with Gasteiger partial charge in [-0.1, -0.05) is 32.9 Å². The summed E-state index contributed by atoms with van der Waals surface area (Å²) in [6.07, 6.45) is 1.49. The molecule has 5 heteroatoms. The van der Waals surface area contributed by atoms with Gasteiger partial charge in [-0.05, 0) is 59.7 Å². The van der Waals surface area contributed by atoms with Gasteiger partial charge < -0.3 is 14.9 Å². The molecule has 2 aliphatic rings. The lowest BCUT2D eigenvalue weighted by Gasteiger charge is -2.60. The fourth-order valence-electron chi connectivity index (χ4n) is 5.35. The van der Waals surface area contributed by atoms with E-state index in [1.54, 1.807) is 44.4 Å². The van der Waals surface area contributed by atoms with Crippen LogP contribution in [-0.2, 0) is 11.8 Å². The number of fused-ring (bicyclic) bond motifs is 4. The average molecular weight is 407 g/mol. The van der Waals surface area contributed by atoms with Crippen molar-refractivity contribution in [2.75, 3.05) is 20.6 Å². The van der Waals surface area contributed by atoms with Gasteiger partial charge in [-0.2, -0.15) is 0 Å². The van der Waals surface area contributed by atoms with Crippen LogP contribution in [0.4, 0.5) is 0 Å². The number of likely N-dealkylation sites (tertiary alicyclic amines) is 1. The first-order valence-electron chi connectivity index (χ1n) is 10.5. The standard InChI is InChI=1S/C25H30N2O3/c1-24(2)21-15-18-19(7-6-8-20(18)28)25(24,3)13-14-27(21)23(30)17-11-9-16(10-12-17)22(29)26(4)5/h6-12,21,28H,13-15H2,1-5H3/t21-,25+/m1/s1. The largest absolute Gasteiger partial charge is 0.508 e. The maximum absolute atomic E-state index is 13.5. The maximum atomic E-state index is 13.5. The zero-order valence-electron chi connectivity index (χ0n) is 18.4. The molecule has 1 N–H and O–H groups in total. The van der Waals surface area contributed by atoms with E-state index in [1.807, 2.05) is 11.0 Å². The van der Waals surface area contributed by atoms with Crippen molar-refractivity contribution in [1.29, 1.82) is 0 Å². The van der Waals surface area contributed by atoms with Gasteiger partial charge in [0.25, 0.3) is 11.8 Å². The number of amides is 2. The van der Waals surface area contributed by atoms with Crippen molar-refractivity contribution in [3.05, 3.63) is 64.7 Å². The molecular formula is C25H30N2O3. The van der Waals surface area contributed by atoms with Crippen LogP contribution < -0.4 is 0 Å². The number of nitrogens with zero attached hydrogens (tertiary/aromatic N) is 2. The summed E-state index contributed by atoms with van der Waals surface area (Å²) in [6.45, 7) is 7.42. The molecule has 2 aromatic carbocycles. The van der Waals surface area contributed by atoms with E-state index in [1.165, 1.54) is 10.5 Å². The third-order valence-electron chi connectivity index (χ3n) is 7.67. The smallest absolute Gasteiger partial charge is 0.254 e. The van der Waals surface area contributed by atoms with Crippen molar-refractivity contribution in [3.63, 3.8) is 0 Å². The van der Waals surface area contributed by atoms with E-state index in [0.29, 0.717) is 29.8 Å². The number of piperidine rings is 1. The minimum absolute atomic E-state index is 0.00682. The first-order valence-corrected chi connectivity index (χ1v) is 10.5. The van der Waals surface area contributed by atoms with Gasteiger partial charge in [0, 0.05) is 43.2 Å². The molecule has 0 radical (unpaired) electrons. The number of benzene rings is 2. The van der Waals surface area contributed by atoms with E-state index in [2.05, 4.69) is 26.8 Å². The molecule has 4 rings (SSSR count). The molecule has 0 spiro atoms. The Hall–Kier alpha value is -2.82. The van der Waals surface area contributed by atoms with Gasteiger partial charge in [-0.25, -0.2) is 0 Å². The van der Waals surface area contributed by atoms with E-state index in [-0.39, 0.29) is 28.7 Å². The van der Waals surface area contributed by atoms with Crippen LogP contribution in [0, 0.1) is 5.41 Å². The molecule has 158 valence electrons. The quantitative estimate of drug-likeness (QED) is 0.824. The summed E-state index contributed by atoms with van der Waals surface area (Å²) in [6, 6.07) is 12.7. The molecule has 30 heavy (non-hydrogen) atoms. The predicted molar refractivity (Wildman–Crippen MR) is 117 cm³/mol. The highest BCUT2D eigenvalue weighted by Gasteiger charge is 2.57. The lowest BCUT2D eigenvalue weighted by Crippen LogP contribution is -2.64. The number of rotatable bonds is 2. The molecule has 5 nitrogen and oxygen atoms in total. The molecule has 2 bridgehead atoms. The van der Waals surface area contributed by atoms with Crippen LogP contribution in [0.15, 0.2) is 42.5 Å². The second-order valence-corrected chi connectivity index (χ2v) is 9.60. The van der Waals surface area contributed by atoms with Crippen LogP contribution in [0.3, 0.4) is 0 Å². The maximum Gasteiger partial charge on any atom is 0.254 e. The highest BCUT2D eigenvalue weighted by atomic mass is 16.3. The van der Waals surface area contributed by atoms with Gasteiger partial charge in [0.05, 0.1) is 0 Å². The summed E-state index contributed by atoms with van der Waals surface area (Å²) in [7, 11) is 3.43. The number of carbonyl (C=O) groups excluding carboxylic acids is 2. The summed E-state index contributed by atoms with van der Waals surface area (Å²) in [5.41, 5.74) is 3.09. The number of carbonyl (C=O) groups is 2. The van der Waals surface area contributed by atoms with E-state index in [0.717, 1.165) is 12.0 Å². The van der Waals surface area contributed by atoms with Gasteiger partial charge in [-0.15, -0.1) is 0 Å². The lowest BCUT2D eigenvalue weighted by molar-refractivity contribution is -0.0266. The van der Waals surface area contributed by atoms with Crippen LogP contribution in [0.25, 0.3) is 0 Å². The second kappa shape index (κ2) is 6.86. The monoisotopic (exact) mass is 406 g/mol. The summed E-state index contributed by atoms with van der Waals surface area (Å²) in [5.74, 6) is 0.223. The summed E-state index contributed by atoms with van der Waals surface area (Å²) in [4.78, 5) is 29.1. The van der Waals surface area contributed by atoms with Crippen LogP contribution in [-0.4, -0.2) is 53.4 Å². The Morgan fingerprint density at radius 2 is 1.67 bits per heavy atom. The van der Waals surface area contributed by atoms with Crippen LogP contribution >= 0.6 is 0 Å². The van der Waals surface area contributed by atoms with Gasteiger partial charge in [0.2, 0.25) is 0 Å². The molecule has 0 aromatic heterocycles. The Balaban J connectivity index is 1.68. The molecule has 1 fully saturated rings. The normalized spacial score (nSPS) is 24.2. The topological polar surface area (TPSA) is 60.9 Å². The van der Waals surface area contributed by atoms with E-state index >= 15 is 0 Å². The van der Waals surface area contributed by atoms with Crippen molar-refractivity contribution in [2.24, 2.45) is 5.41 Å². The Labute approximate surface area is 178 Å². The SMILES string of the molecule is CN(C)C(=O)c1ccc(C(=O)N2CC[C@@]3(C)c4cccc(O)c4C[C@@H]2C3(C)C)cc1. The third-order valence-corrected chi connectivity index (χ3v) is 7.67. The Bertz CT molecular complexity index is 1010. The fraction of sp³-hybridized carbons (Fsp3) is 0.440. The number of hydrogen-bond acceptors (Lipinski definition) is 3. The zero-order chi connectivity index (χ0) is 21.8. The van der Waals surface area contributed by atoms with Crippen LogP contribution in [0.1, 0.15) is 59.0 Å². The molecule has 2 aromatic rings. The van der Waals surface area contributed by atoms with Crippen molar-refractivity contribution in [2.45, 2.75) is 45.1 Å². The van der Waals surface area contributed by atoms with Crippen molar-refractivity contribution < 1.29 is 14.7 Å². The van der Waals surface area contributed by atoms with Gasteiger partial charge in [0.15, 0.2) is 0 Å². The Kier molecular flexibility index (Phi) is 4.68. The van der Waals surface area contributed by atoms with Crippen molar-refractivity contribution >= 4 is 11.8 Å². The first kappa shape index (κ1) is 20.5. The Morgan fingerprint density at radius 3 is 2.30 bits per heavy atom. The van der Waals surface area contributed by atoms with Crippen molar-refractivity contribution in [3.8, 4) is 5.75 Å². The molecule has 1 aliphatic heterocycles. The molecule has 0 saturated carbocycles. The lowest BCUT2D eigenvalue weighted by atomic mass is 9.51. The van der Waals surface area contributed by atoms with Crippen LogP contribution in [0.2, 0.25) is 0 Å². The highest BCUT2D eigenvalue weighted by Crippen LogP contribution is 2.57. The fourth-order valence-corrected chi connectivity index (χ4v) is 5.35. The molecule has 2 atom stereocenters. The minimum Gasteiger partial charge on any atom is -0.508 e. The molecule has 1 heterocycles. The highest BCUT2D eigenvalue weighted by molar-refractivity contribution is 5.98. The van der Waals surface area contributed by atoms with Gasteiger partial charge in [0.1, 0.15) is 5.75 Å². The predicted octanol–water partition coefficient (Wildman–Crippen LogP) is 3.85. The zero-order valence-corrected chi connectivity index (χ0v) is 18.4. The summed E-state index contributed by atoms with van der Waals surface area (Å²) < 4.78 is 0. The first-order chi connectivity index (χ1) is 14.1. The summed E-state index contributed by atoms with van der Waals surface area (Å²) >= 11 is 0. The molecule has 1 aliphatic carbocycles. The third kappa shape index (κ3) is 2.83. The molecule has 0 unspecified atom stereocenters. The van der Waals surface area contributed by atoms with E-state index < -0.39 is 0 Å². The van der Waals surface area contributed by atoms with Crippen LogP contribution in [0.5, 0.6) is 5.75 Å². The molecule has 1 saturated heterocycles. The molecule has 2 amide bonds.